The second-order valence-corrected chi connectivity index (χ2v) is 6.15. The van der Waals surface area contributed by atoms with E-state index in [0.717, 1.165) is 37.1 Å². The number of nitrogen functional groups attached to an aromatic ring is 1. The van der Waals surface area contributed by atoms with Gasteiger partial charge in [0.1, 0.15) is 0 Å². The third-order valence-electron chi connectivity index (χ3n) is 4.48. The Morgan fingerprint density at radius 2 is 1.75 bits per heavy atom. The molecular weight excluding hydrogens is 302 g/mol. The second-order valence-electron chi connectivity index (χ2n) is 6.15. The molecule has 1 aliphatic heterocycles. The first-order valence-electron chi connectivity index (χ1n) is 8.27. The molecule has 4 rings (SSSR count). The van der Waals surface area contributed by atoms with Crippen LogP contribution >= 0.6 is 0 Å². The summed E-state index contributed by atoms with van der Waals surface area (Å²) in [7, 11) is 0. The summed E-state index contributed by atoms with van der Waals surface area (Å²) in [6, 6.07) is 13.6. The first kappa shape index (κ1) is 14.8. The van der Waals surface area contributed by atoms with Crippen molar-refractivity contribution in [2.24, 2.45) is 0 Å². The maximum atomic E-state index is 12.5. The van der Waals surface area contributed by atoms with Crippen molar-refractivity contribution in [3.8, 4) is 11.1 Å². The molecule has 1 fully saturated rings. The Kier molecular flexibility index (Phi) is 3.69. The molecule has 0 saturated carbocycles. The standard InChI is InChI=1S/C19H19N3O2/c20-14-9-7-13(8-10-14)15-5-4-6-16-17(15)24-19(21-18(16)23)22-11-2-1-3-12-22/h4-10H,1-3,11-12,20H2. The Balaban J connectivity index is 1.89. The Bertz CT molecular complexity index is 925. The third-order valence-corrected chi connectivity index (χ3v) is 4.48. The van der Waals surface area contributed by atoms with Gasteiger partial charge in [0.05, 0.1) is 5.39 Å². The summed E-state index contributed by atoms with van der Waals surface area (Å²) in [6.45, 7) is 1.76. The third kappa shape index (κ3) is 2.62. The van der Waals surface area contributed by atoms with Crippen molar-refractivity contribution >= 4 is 22.7 Å². The number of hydrogen-bond acceptors (Lipinski definition) is 5. The fourth-order valence-corrected chi connectivity index (χ4v) is 3.19. The molecule has 0 bridgehead atoms. The lowest BCUT2D eigenvalue weighted by atomic mass is 10.0. The van der Waals surface area contributed by atoms with Crippen LogP contribution in [-0.4, -0.2) is 18.1 Å². The molecule has 1 saturated heterocycles. The van der Waals surface area contributed by atoms with Gasteiger partial charge in [-0.3, -0.25) is 4.79 Å². The molecule has 0 spiro atoms. The predicted molar refractivity (Wildman–Crippen MR) is 96.2 cm³/mol. The molecule has 1 aromatic heterocycles. The van der Waals surface area contributed by atoms with Crippen molar-refractivity contribution < 1.29 is 4.42 Å². The Morgan fingerprint density at radius 3 is 2.50 bits per heavy atom. The average molecular weight is 321 g/mol. The van der Waals surface area contributed by atoms with E-state index in [1.165, 1.54) is 6.42 Å². The van der Waals surface area contributed by atoms with Crippen LogP contribution in [0.2, 0.25) is 0 Å². The minimum atomic E-state index is -0.242. The van der Waals surface area contributed by atoms with Crippen molar-refractivity contribution in [3.63, 3.8) is 0 Å². The van der Waals surface area contributed by atoms with Gasteiger partial charge in [-0.25, -0.2) is 0 Å². The number of benzene rings is 2. The fourth-order valence-electron chi connectivity index (χ4n) is 3.19. The van der Waals surface area contributed by atoms with Gasteiger partial charge in [-0.15, -0.1) is 0 Å². The van der Waals surface area contributed by atoms with Gasteiger partial charge in [0.25, 0.3) is 5.56 Å². The molecule has 0 radical (unpaired) electrons. The summed E-state index contributed by atoms with van der Waals surface area (Å²) in [4.78, 5) is 18.7. The molecule has 5 nitrogen and oxygen atoms in total. The molecule has 3 aromatic rings. The van der Waals surface area contributed by atoms with Crippen LogP contribution in [0.5, 0.6) is 0 Å². The lowest BCUT2D eigenvalue weighted by Gasteiger charge is -2.25. The highest BCUT2D eigenvalue weighted by molar-refractivity contribution is 5.92. The van der Waals surface area contributed by atoms with Gasteiger partial charge in [-0.1, -0.05) is 24.3 Å². The summed E-state index contributed by atoms with van der Waals surface area (Å²) >= 11 is 0. The molecule has 0 aliphatic carbocycles. The summed E-state index contributed by atoms with van der Waals surface area (Å²) < 4.78 is 6.08. The zero-order valence-corrected chi connectivity index (χ0v) is 13.4. The molecule has 0 unspecified atom stereocenters. The number of rotatable bonds is 2. The predicted octanol–water partition coefficient (Wildman–Crippen LogP) is 3.43. The van der Waals surface area contributed by atoms with Gasteiger partial charge in [0, 0.05) is 24.3 Å². The van der Waals surface area contributed by atoms with Gasteiger partial charge in [-0.05, 0) is 43.0 Å². The molecule has 24 heavy (non-hydrogen) atoms. The summed E-state index contributed by atoms with van der Waals surface area (Å²) in [5, 5.41) is 0.505. The maximum Gasteiger partial charge on any atom is 0.301 e. The smallest absolute Gasteiger partial charge is 0.301 e. The van der Waals surface area contributed by atoms with Crippen LogP contribution in [0.25, 0.3) is 22.1 Å². The van der Waals surface area contributed by atoms with Crippen molar-refractivity contribution in [2.45, 2.75) is 19.3 Å². The number of aromatic nitrogens is 1. The summed E-state index contributed by atoms with van der Waals surface area (Å²) in [6.07, 6.45) is 3.41. The van der Waals surface area contributed by atoms with Crippen LogP contribution < -0.4 is 16.2 Å². The maximum absolute atomic E-state index is 12.5. The van der Waals surface area contributed by atoms with Crippen molar-refractivity contribution in [2.75, 3.05) is 23.7 Å². The van der Waals surface area contributed by atoms with E-state index >= 15 is 0 Å². The second kappa shape index (κ2) is 6.00. The average Bonchev–Trinajstić information content (AvgIpc) is 2.63. The number of nitrogens with zero attached hydrogens (tertiary/aromatic N) is 2. The quantitative estimate of drug-likeness (QED) is 0.732. The number of anilines is 2. The van der Waals surface area contributed by atoms with Gasteiger partial charge in [0.2, 0.25) is 0 Å². The van der Waals surface area contributed by atoms with E-state index in [-0.39, 0.29) is 5.56 Å². The topological polar surface area (TPSA) is 72.4 Å². The fraction of sp³-hybridized carbons (Fsp3) is 0.263. The number of para-hydroxylation sites is 1. The Labute approximate surface area is 139 Å². The molecule has 0 amide bonds. The number of piperidine rings is 1. The van der Waals surface area contributed by atoms with Crippen LogP contribution in [0.15, 0.2) is 51.7 Å². The van der Waals surface area contributed by atoms with Gasteiger partial charge in [0.15, 0.2) is 5.58 Å². The van der Waals surface area contributed by atoms with Crippen molar-refractivity contribution in [1.82, 2.24) is 4.98 Å². The molecule has 1 aliphatic rings. The molecule has 0 atom stereocenters. The number of hydrogen-bond donors (Lipinski definition) is 1. The minimum absolute atomic E-state index is 0.242. The highest BCUT2D eigenvalue weighted by Crippen LogP contribution is 2.30. The highest BCUT2D eigenvalue weighted by Gasteiger charge is 2.18. The molecule has 2 aromatic carbocycles. The van der Waals surface area contributed by atoms with Crippen LogP contribution in [0.3, 0.4) is 0 Å². The Hall–Kier alpha value is -2.82. The van der Waals surface area contributed by atoms with Gasteiger partial charge < -0.3 is 15.1 Å². The van der Waals surface area contributed by atoms with Crippen molar-refractivity contribution in [3.05, 3.63) is 52.8 Å². The molecule has 122 valence electrons. The van der Waals surface area contributed by atoms with Crippen LogP contribution in [0, 0.1) is 0 Å². The SMILES string of the molecule is Nc1ccc(-c2cccc3c(=O)nc(N4CCCCC4)oc23)cc1. The van der Waals surface area contributed by atoms with E-state index in [1.54, 1.807) is 6.07 Å². The zero-order valence-electron chi connectivity index (χ0n) is 13.4. The molecule has 5 heteroatoms. The van der Waals surface area contributed by atoms with E-state index in [1.807, 2.05) is 36.4 Å². The van der Waals surface area contributed by atoms with Crippen LogP contribution in [0.1, 0.15) is 19.3 Å². The first-order chi connectivity index (χ1) is 11.7. The van der Waals surface area contributed by atoms with E-state index in [0.29, 0.717) is 22.7 Å². The minimum Gasteiger partial charge on any atom is -0.424 e. The van der Waals surface area contributed by atoms with E-state index < -0.39 is 0 Å². The lowest BCUT2D eigenvalue weighted by Crippen LogP contribution is -2.31. The molecule has 2 N–H and O–H groups in total. The molecular formula is C19H19N3O2. The van der Waals surface area contributed by atoms with Gasteiger partial charge in [-0.2, -0.15) is 4.98 Å². The van der Waals surface area contributed by atoms with E-state index in [2.05, 4.69) is 9.88 Å². The Morgan fingerprint density at radius 1 is 1.00 bits per heavy atom. The van der Waals surface area contributed by atoms with Crippen molar-refractivity contribution in [1.29, 1.82) is 0 Å². The van der Waals surface area contributed by atoms with Gasteiger partial charge >= 0.3 is 6.01 Å². The van der Waals surface area contributed by atoms with E-state index in [4.69, 9.17) is 10.2 Å². The van der Waals surface area contributed by atoms with Crippen LogP contribution in [0.4, 0.5) is 11.7 Å². The molecule has 2 heterocycles. The van der Waals surface area contributed by atoms with Crippen LogP contribution in [-0.2, 0) is 0 Å². The number of nitrogens with two attached hydrogens (primary N) is 1. The monoisotopic (exact) mass is 321 g/mol. The zero-order chi connectivity index (χ0) is 16.5. The first-order valence-corrected chi connectivity index (χ1v) is 8.27. The number of fused-ring (bicyclic) bond motifs is 1. The lowest BCUT2D eigenvalue weighted by molar-refractivity contribution is 0.497. The van der Waals surface area contributed by atoms with E-state index in [9.17, 15) is 4.79 Å². The normalized spacial score (nSPS) is 14.9. The largest absolute Gasteiger partial charge is 0.424 e. The summed E-state index contributed by atoms with van der Waals surface area (Å²) in [5.74, 6) is 0. The summed E-state index contributed by atoms with van der Waals surface area (Å²) in [5.41, 5.74) is 8.67. The highest BCUT2D eigenvalue weighted by atomic mass is 16.4.